The number of nitrogens with two attached hydrogens (primary N) is 2. The molecule has 0 radical (unpaired) electrons. The molecule has 0 spiro atoms. The molecule has 0 bridgehead atoms. The van der Waals surface area contributed by atoms with Crippen molar-refractivity contribution < 1.29 is 24.3 Å². The number of aromatic nitrogens is 1. The molecule has 0 aliphatic heterocycles. The number of para-hydroxylation sites is 1. The van der Waals surface area contributed by atoms with Gasteiger partial charge in [0.1, 0.15) is 18.1 Å². The highest BCUT2D eigenvalue weighted by molar-refractivity contribution is 7.98. The van der Waals surface area contributed by atoms with Gasteiger partial charge in [-0.05, 0) is 62.8 Å². The van der Waals surface area contributed by atoms with E-state index in [1.807, 2.05) is 30.5 Å². The van der Waals surface area contributed by atoms with E-state index >= 15 is 0 Å². The maximum Gasteiger partial charge on any atom is 0.326 e. The van der Waals surface area contributed by atoms with Gasteiger partial charge >= 0.3 is 5.97 Å². The van der Waals surface area contributed by atoms with Crippen molar-refractivity contribution in [2.45, 2.75) is 63.2 Å². The number of carbonyl (C=O) groups excluding carboxylic acids is 3. The largest absolute Gasteiger partial charge is 0.480 e. The van der Waals surface area contributed by atoms with E-state index in [-0.39, 0.29) is 12.8 Å². The normalized spacial score (nSPS) is 14.4. The minimum Gasteiger partial charge on any atom is -0.480 e. The lowest BCUT2D eigenvalue weighted by Gasteiger charge is -2.25. The Hall–Kier alpha value is -3.09. The molecule has 0 saturated carbocycles. The third-order valence-electron chi connectivity index (χ3n) is 5.95. The summed E-state index contributed by atoms with van der Waals surface area (Å²) in [4.78, 5) is 53.7. The van der Waals surface area contributed by atoms with Crippen LogP contribution in [0.1, 0.15) is 38.2 Å². The van der Waals surface area contributed by atoms with Gasteiger partial charge in [-0.2, -0.15) is 11.8 Å². The summed E-state index contributed by atoms with van der Waals surface area (Å²) in [5, 5.41) is 18.5. The number of nitrogens with one attached hydrogen (secondary N) is 4. The number of thioether (sulfide) groups is 1. The van der Waals surface area contributed by atoms with E-state index in [1.54, 1.807) is 6.20 Å². The summed E-state index contributed by atoms with van der Waals surface area (Å²) in [6, 6.07) is 3.64. The van der Waals surface area contributed by atoms with Crippen LogP contribution in [0.25, 0.3) is 10.9 Å². The van der Waals surface area contributed by atoms with Crippen molar-refractivity contribution in [1.29, 1.82) is 0 Å². The Morgan fingerprint density at radius 3 is 2.27 bits per heavy atom. The summed E-state index contributed by atoms with van der Waals surface area (Å²) < 4.78 is 0. The molecule has 0 saturated heterocycles. The minimum absolute atomic E-state index is 0.118. The van der Waals surface area contributed by atoms with Gasteiger partial charge in [0, 0.05) is 23.5 Å². The number of rotatable bonds is 16. The highest BCUT2D eigenvalue weighted by Gasteiger charge is 2.30. The molecule has 9 N–H and O–H groups in total. The molecule has 3 amide bonds. The van der Waals surface area contributed by atoms with E-state index in [0.717, 1.165) is 16.5 Å². The first-order valence-electron chi connectivity index (χ1n) is 12.3. The van der Waals surface area contributed by atoms with Crippen LogP contribution in [0.5, 0.6) is 0 Å². The fourth-order valence-corrected chi connectivity index (χ4v) is 4.30. The zero-order chi connectivity index (χ0) is 27.4. The maximum atomic E-state index is 13.3. The van der Waals surface area contributed by atoms with Gasteiger partial charge in [0.2, 0.25) is 17.7 Å². The van der Waals surface area contributed by atoms with E-state index in [0.29, 0.717) is 31.6 Å². The second-order valence-corrected chi connectivity index (χ2v) is 9.93. The van der Waals surface area contributed by atoms with Crippen molar-refractivity contribution in [1.82, 2.24) is 20.9 Å². The molecule has 2 aromatic rings. The molecular formula is C25H38N6O5S. The second-order valence-electron chi connectivity index (χ2n) is 8.94. The van der Waals surface area contributed by atoms with E-state index in [4.69, 9.17) is 11.5 Å². The molecule has 1 aromatic carbocycles. The summed E-state index contributed by atoms with van der Waals surface area (Å²) in [5.74, 6) is -2.22. The van der Waals surface area contributed by atoms with Crippen LogP contribution in [-0.4, -0.2) is 76.5 Å². The SMILES string of the molecule is CSCCC(NC(=O)C(C)N)C(=O)NC(Cc1c[nH]c2ccccc12)C(=O)NC(CCCCN)C(=O)O. The summed E-state index contributed by atoms with van der Waals surface area (Å²) in [5.41, 5.74) is 12.8. The van der Waals surface area contributed by atoms with E-state index in [2.05, 4.69) is 20.9 Å². The van der Waals surface area contributed by atoms with Crippen LogP contribution in [0.2, 0.25) is 0 Å². The number of hydrogen-bond donors (Lipinski definition) is 7. The van der Waals surface area contributed by atoms with Gasteiger partial charge in [0.05, 0.1) is 6.04 Å². The van der Waals surface area contributed by atoms with Crippen LogP contribution < -0.4 is 27.4 Å². The molecule has 2 rings (SSSR count). The summed E-state index contributed by atoms with van der Waals surface area (Å²) in [7, 11) is 0. The fraction of sp³-hybridized carbons (Fsp3) is 0.520. The Morgan fingerprint density at radius 1 is 0.973 bits per heavy atom. The van der Waals surface area contributed by atoms with E-state index < -0.39 is 47.9 Å². The molecule has 1 heterocycles. The number of aromatic amines is 1. The van der Waals surface area contributed by atoms with Gasteiger partial charge in [0.15, 0.2) is 0 Å². The van der Waals surface area contributed by atoms with Gasteiger partial charge in [-0.25, -0.2) is 4.79 Å². The van der Waals surface area contributed by atoms with Crippen LogP contribution in [0.15, 0.2) is 30.5 Å². The standard InChI is InChI=1S/C25H38N6O5S/c1-15(27)22(32)29-19(10-12-37-2)23(33)31-21(13-16-14-28-18-8-4-3-7-17(16)18)24(34)30-20(25(35)36)9-5-6-11-26/h3-4,7-8,14-15,19-21,28H,5-6,9-13,26-27H2,1-2H3,(H,29,32)(H,30,34)(H,31,33)(H,35,36). The van der Waals surface area contributed by atoms with Crippen molar-refractivity contribution in [2.24, 2.45) is 11.5 Å². The Labute approximate surface area is 220 Å². The lowest BCUT2D eigenvalue weighted by molar-refractivity contribution is -0.142. The number of amides is 3. The Morgan fingerprint density at radius 2 is 1.62 bits per heavy atom. The smallest absolute Gasteiger partial charge is 0.326 e. The molecule has 4 unspecified atom stereocenters. The molecule has 0 aliphatic carbocycles. The third kappa shape index (κ3) is 9.38. The van der Waals surface area contributed by atoms with Gasteiger partial charge in [-0.15, -0.1) is 0 Å². The van der Waals surface area contributed by atoms with Crippen molar-refractivity contribution >= 4 is 46.4 Å². The van der Waals surface area contributed by atoms with Crippen molar-refractivity contribution in [3.8, 4) is 0 Å². The van der Waals surface area contributed by atoms with E-state index in [1.165, 1.54) is 18.7 Å². The Kier molecular flexibility index (Phi) is 12.4. The zero-order valence-corrected chi connectivity index (χ0v) is 22.1. The predicted octanol–water partition coefficient (Wildman–Crippen LogP) is 0.479. The predicted molar refractivity (Wildman–Crippen MR) is 145 cm³/mol. The summed E-state index contributed by atoms with van der Waals surface area (Å²) >= 11 is 1.51. The number of carboxylic acid groups (broad SMARTS) is 1. The number of hydrogen-bond acceptors (Lipinski definition) is 7. The molecule has 1 aromatic heterocycles. The monoisotopic (exact) mass is 534 g/mol. The van der Waals surface area contributed by atoms with Gasteiger partial charge in [0.25, 0.3) is 0 Å². The number of benzene rings is 1. The molecule has 0 fully saturated rings. The Bertz CT molecular complexity index is 1060. The number of H-pyrrole nitrogens is 1. The quantitative estimate of drug-likeness (QED) is 0.151. The maximum absolute atomic E-state index is 13.3. The van der Waals surface area contributed by atoms with Crippen molar-refractivity contribution in [3.63, 3.8) is 0 Å². The molecule has 0 aliphatic rings. The molecule has 4 atom stereocenters. The first kappa shape index (κ1) is 30.1. The highest BCUT2D eigenvalue weighted by Crippen LogP contribution is 2.19. The topological polar surface area (TPSA) is 192 Å². The molecule has 11 nitrogen and oxygen atoms in total. The van der Waals surface area contributed by atoms with Gasteiger partial charge < -0.3 is 37.5 Å². The first-order valence-corrected chi connectivity index (χ1v) is 13.7. The number of aliphatic carboxylic acids is 1. The van der Waals surface area contributed by atoms with Crippen LogP contribution in [0.4, 0.5) is 0 Å². The molecular weight excluding hydrogens is 496 g/mol. The Balaban J connectivity index is 2.28. The number of carboxylic acids is 1. The number of carbonyl (C=O) groups is 4. The summed E-state index contributed by atoms with van der Waals surface area (Å²) in [6.45, 7) is 1.94. The lowest BCUT2D eigenvalue weighted by atomic mass is 10.0. The van der Waals surface area contributed by atoms with Gasteiger partial charge in [-0.3, -0.25) is 14.4 Å². The van der Waals surface area contributed by atoms with E-state index in [9.17, 15) is 24.3 Å². The van der Waals surface area contributed by atoms with Crippen molar-refractivity contribution in [3.05, 3.63) is 36.0 Å². The average Bonchev–Trinajstić information content (AvgIpc) is 3.27. The van der Waals surface area contributed by atoms with Crippen LogP contribution in [0.3, 0.4) is 0 Å². The number of fused-ring (bicyclic) bond motifs is 1. The fourth-order valence-electron chi connectivity index (χ4n) is 3.83. The lowest BCUT2D eigenvalue weighted by Crippen LogP contribution is -2.57. The molecule has 12 heteroatoms. The van der Waals surface area contributed by atoms with Crippen LogP contribution >= 0.6 is 11.8 Å². The molecule has 37 heavy (non-hydrogen) atoms. The van der Waals surface area contributed by atoms with Gasteiger partial charge in [-0.1, -0.05) is 18.2 Å². The summed E-state index contributed by atoms with van der Waals surface area (Å²) in [6.07, 6.45) is 5.48. The molecule has 204 valence electrons. The van der Waals surface area contributed by atoms with Crippen molar-refractivity contribution in [2.75, 3.05) is 18.6 Å². The third-order valence-corrected chi connectivity index (χ3v) is 6.59. The second kappa shape index (κ2) is 15.2. The highest BCUT2D eigenvalue weighted by atomic mass is 32.2. The first-order chi connectivity index (χ1) is 17.7. The minimum atomic E-state index is -1.16. The van der Waals surface area contributed by atoms with Crippen LogP contribution in [-0.2, 0) is 25.6 Å². The zero-order valence-electron chi connectivity index (χ0n) is 21.3. The van der Waals surface area contributed by atoms with Crippen LogP contribution in [0, 0.1) is 0 Å². The average molecular weight is 535 g/mol. The number of unbranched alkanes of at least 4 members (excludes halogenated alkanes) is 1.